The Morgan fingerprint density at radius 2 is 2.21 bits per heavy atom. The van der Waals surface area contributed by atoms with Crippen LogP contribution in [-0.2, 0) is 0 Å². The molecule has 0 saturated heterocycles. The molecule has 1 unspecified atom stereocenters. The minimum Gasteiger partial charge on any atom is -0.392 e. The molecule has 0 aliphatic carbocycles. The Morgan fingerprint density at radius 1 is 1.50 bits per heavy atom. The first kappa shape index (κ1) is 11.1. The average Bonchev–Trinajstić information content (AvgIpc) is 2.15. The van der Waals surface area contributed by atoms with Crippen molar-refractivity contribution in [3.63, 3.8) is 0 Å². The maximum atomic E-state index is 12.5. The highest BCUT2D eigenvalue weighted by molar-refractivity contribution is 5.08. The molecule has 78 valence electrons. The van der Waals surface area contributed by atoms with E-state index in [2.05, 4.69) is 10.3 Å². The van der Waals surface area contributed by atoms with Crippen molar-refractivity contribution in [2.24, 2.45) is 0 Å². The Morgan fingerprint density at radius 3 is 2.71 bits per heavy atom. The Hall–Kier alpha value is -1.00. The summed E-state index contributed by atoms with van der Waals surface area (Å²) in [6.45, 7) is 4.13. The van der Waals surface area contributed by atoms with Gasteiger partial charge >= 0.3 is 0 Å². The van der Waals surface area contributed by atoms with Gasteiger partial charge in [-0.15, -0.1) is 0 Å². The normalized spacial score (nSPS) is 15.1. The number of rotatable bonds is 4. The molecule has 0 saturated carbocycles. The Balaban J connectivity index is 2.52. The van der Waals surface area contributed by atoms with Crippen LogP contribution in [0, 0.1) is 5.82 Å². The second-order valence-corrected chi connectivity index (χ2v) is 3.38. The topological polar surface area (TPSA) is 45.1 Å². The molecular weight excluding hydrogens is 183 g/mol. The second-order valence-electron chi connectivity index (χ2n) is 3.38. The molecule has 2 N–H and O–H groups in total. The summed E-state index contributed by atoms with van der Waals surface area (Å²) in [6.07, 6.45) is 0.800. The van der Waals surface area contributed by atoms with Crippen LogP contribution in [0.15, 0.2) is 18.3 Å². The fourth-order valence-electron chi connectivity index (χ4n) is 1.10. The van der Waals surface area contributed by atoms with Gasteiger partial charge in [-0.3, -0.25) is 4.98 Å². The molecule has 0 amide bonds. The van der Waals surface area contributed by atoms with Gasteiger partial charge in [0.25, 0.3) is 0 Å². The Bertz CT molecular complexity index is 274. The lowest BCUT2D eigenvalue weighted by atomic mass is 10.2. The third-order valence-electron chi connectivity index (χ3n) is 1.91. The van der Waals surface area contributed by atoms with Crippen molar-refractivity contribution < 1.29 is 9.50 Å². The van der Waals surface area contributed by atoms with Gasteiger partial charge in [0.15, 0.2) is 0 Å². The number of nitrogens with one attached hydrogen (secondary N) is 1. The van der Waals surface area contributed by atoms with Crippen molar-refractivity contribution in [3.8, 4) is 0 Å². The first-order valence-electron chi connectivity index (χ1n) is 4.62. The largest absolute Gasteiger partial charge is 0.392 e. The third-order valence-corrected chi connectivity index (χ3v) is 1.91. The molecule has 1 heterocycles. The molecule has 14 heavy (non-hydrogen) atoms. The van der Waals surface area contributed by atoms with Crippen molar-refractivity contribution in [1.29, 1.82) is 0 Å². The molecule has 0 aliphatic heterocycles. The molecule has 0 spiro atoms. The summed E-state index contributed by atoms with van der Waals surface area (Å²) in [5, 5.41) is 12.1. The van der Waals surface area contributed by atoms with E-state index in [4.69, 9.17) is 5.11 Å². The monoisotopic (exact) mass is 198 g/mol. The summed E-state index contributed by atoms with van der Waals surface area (Å²) in [7, 11) is 0. The van der Waals surface area contributed by atoms with Crippen LogP contribution in [0.25, 0.3) is 0 Å². The van der Waals surface area contributed by atoms with Crippen molar-refractivity contribution in [3.05, 3.63) is 29.8 Å². The number of hydrogen-bond acceptors (Lipinski definition) is 3. The van der Waals surface area contributed by atoms with Gasteiger partial charge in [-0.05, 0) is 26.0 Å². The predicted octanol–water partition coefficient (Wildman–Crippen LogP) is 1.25. The number of aliphatic hydroxyl groups is 1. The van der Waals surface area contributed by atoms with Crippen LogP contribution in [-0.4, -0.2) is 22.7 Å². The van der Waals surface area contributed by atoms with Gasteiger partial charge in [-0.25, -0.2) is 4.39 Å². The average molecular weight is 198 g/mol. The minimum absolute atomic E-state index is 0.0187. The van der Waals surface area contributed by atoms with Crippen molar-refractivity contribution >= 4 is 0 Å². The number of halogens is 1. The fraction of sp³-hybridized carbons (Fsp3) is 0.500. The minimum atomic E-state index is -0.391. The summed E-state index contributed by atoms with van der Waals surface area (Å²) in [5.74, 6) is -0.337. The Labute approximate surface area is 83.0 Å². The van der Waals surface area contributed by atoms with Crippen molar-refractivity contribution in [2.45, 2.75) is 26.0 Å². The van der Waals surface area contributed by atoms with E-state index < -0.39 is 6.10 Å². The van der Waals surface area contributed by atoms with E-state index in [-0.39, 0.29) is 11.9 Å². The van der Waals surface area contributed by atoms with Crippen LogP contribution < -0.4 is 5.32 Å². The van der Waals surface area contributed by atoms with Gasteiger partial charge in [-0.2, -0.15) is 0 Å². The van der Waals surface area contributed by atoms with E-state index in [1.807, 2.05) is 6.92 Å². The molecule has 0 aliphatic rings. The van der Waals surface area contributed by atoms with Crippen LogP contribution in [0.4, 0.5) is 4.39 Å². The maximum Gasteiger partial charge on any atom is 0.141 e. The molecule has 1 aromatic rings. The van der Waals surface area contributed by atoms with Gasteiger partial charge < -0.3 is 10.4 Å². The van der Waals surface area contributed by atoms with E-state index >= 15 is 0 Å². The van der Waals surface area contributed by atoms with Crippen LogP contribution >= 0.6 is 0 Å². The quantitative estimate of drug-likeness (QED) is 0.765. The third kappa shape index (κ3) is 3.40. The van der Waals surface area contributed by atoms with E-state index in [0.29, 0.717) is 6.54 Å². The van der Waals surface area contributed by atoms with Gasteiger partial charge in [0.1, 0.15) is 5.82 Å². The van der Waals surface area contributed by atoms with Gasteiger partial charge in [0.2, 0.25) is 0 Å². The fourth-order valence-corrected chi connectivity index (χ4v) is 1.10. The molecular formula is C10H15FN2O. The zero-order valence-electron chi connectivity index (χ0n) is 8.37. The van der Waals surface area contributed by atoms with Crippen LogP contribution in [0.5, 0.6) is 0 Å². The number of hydrogen-bond donors (Lipinski definition) is 2. The van der Waals surface area contributed by atoms with Crippen molar-refractivity contribution in [1.82, 2.24) is 10.3 Å². The standard InChI is InChI=1S/C10H15FN2O/c1-7(14)5-12-8(2)10-4-3-9(11)6-13-10/h3-4,6-8,12,14H,5H2,1-2H3/t7-,8?/m0/s1. The number of nitrogens with zero attached hydrogens (tertiary/aromatic N) is 1. The first-order chi connectivity index (χ1) is 6.59. The molecule has 0 aromatic carbocycles. The van der Waals surface area contributed by atoms with Crippen LogP contribution in [0.1, 0.15) is 25.6 Å². The van der Waals surface area contributed by atoms with Crippen LogP contribution in [0.3, 0.4) is 0 Å². The molecule has 1 aromatic heterocycles. The summed E-state index contributed by atoms with van der Waals surface area (Å²) >= 11 is 0. The molecule has 2 atom stereocenters. The van der Waals surface area contributed by atoms with Gasteiger partial charge in [-0.1, -0.05) is 0 Å². The Kier molecular flexibility index (Phi) is 3.98. The molecule has 4 heteroatoms. The highest BCUT2D eigenvalue weighted by Crippen LogP contribution is 2.08. The lowest BCUT2D eigenvalue weighted by molar-refractivity contribution is 0.187. The second kappa shape index (κ2) is 5.02. The van der Waals surface area contributed by atoms with Gasteiger partial charge in [0.05, 0.1) is 18.0 Å². The molecule has 0 bridgehead atoms. The van der Waals surface area contributed by atoms with E-state index in [0.717, 1.165) is 5.69 Å². The zero-order valence-corrected chi connectivity index (χ0v) is 8.37. The SMILES string of the molecule is CC(NC[C@H](C)O)c1ccc(F)cn1. The summed E-state index contributed by atoms with van der Waals surface area (Å²) < 4.78 is 12.5. The summed E-state index contributed by atoms with van der Waals surface area (Å²) in [4.78, 5) is 3.94. The van der Waals surface area contributed by atoms with E-state index in [9.17, 15) is 4.39 Å². The highest BCUT2D eigenvalue weighted by atomic mass is 19.1. The van der Waals surface area contributed by atoms with Gasteiger partial charge in [0, 0.05) is 12.6 Å². The number of aliphatic hydroxyl groups excluding tert-OH is 1. The number of aromatic nitrogens is 1. The summed E-state index contributed by atoms with van der Waals surface area (Å²) in [5.41, 5.74) is 0.770. The molecule has 1 rings (SSSR count). The highest BCUT2D eigenvalue weighted by Gasteiger charge is 2.06. The molecule has 0 fully saturated rings. The van der Waals surface area contributed by atoms with Crippen LogP contribution in [0.2, 0.25) is 0 Å². The van der Waals surface area contributed by atoms with Crippen molar-refractivity contribution in [2.75, 3.05) is 6.54 Å². The molecule has 0 radical (unpaired) electrons. The lowest BCUT2D eigenvalue weighted by Gasteiger charge is -2.14. The van der Waals surface area contributed by atoms with E-state index in [1.165, 1.54) is 12.3 Å². The zero-order chi connectivity index (χ0) is 10.6. The van der Waals surface area contributed by atoms with E-state index in [1.54, 1.807) is 13.0 Å². The first-order valence-corrected chi connectivity index (χ1v) is 4.62. The number of pyridine rings is 1. The predicted molar refractivity (Wildman–Crippen MR) is 52.3 cm³/mol. The maximum absolute atomic E-state index is 12.5. The lowest BCUT2D eigenvalue weighted by Crippen LogP contribution is -2.27. The molecule has 3 nitrogen and oxygen atoms in total. The smallest absolute Gasteiger partial charge is 0.141 e. The summed E-state index contributed by atoms with van der Waals surface area (Å²) in [6, 6.07) is 3.03.